The van der Waals surface area contributed by atoms with Crippen LogP contribution in [-0.2, 0) is 18.8 Å². The second-order valence-corrected chi connectivity index (χ2v) is 4.41. The first-order valence-electron chi connectivity index (χ1n) is 5.84. The second-order valence-electron chi connectivity index (χ2n) is 4.41. The van der Waals surface area contributed by atoms with Crippen LogP contribution in [-0.4, -0.2) is 4.98 Å². The highest BCUT2D eigenvalue weighted by Crippen LogP contribution is 2.30. The van der Waals surface area contributed by atoms with Crippen molar-refractivity contribution in [2.45, 2.75) is 18.8 Å². The monoisotopic (exact) mass is 305 g/mol. The van der Waals surface area contributed by atoms with Gasteiger partial charge in [0, 0.05) is 18.3 Å². The zero-order valence-corrected chi connectivity index (χ0v) is 10.5. The molecule has 0 bridgehead atoms. The van der Waals surface area contributed by atoms with Gasteiger partial charge in [-0.2, -0.15) is 26.3 Å². The highest BCUT2D eigenvalue weighted by molar-refractivity contribution is 5.28. The van der Waals surface area contributed by atoms with E-state index in [0.717, 1.165) is 18.2 Å². The van der Waals surface area contributed by atoms with Gasteiger partial charge in [-0.3, -0.25) is 4.98 Å². The zero-order chi connectivity index (χ0) is 15.7. The molecule has 0 aliphatic carbocycles. The van der Waals surface area contributed by atoms with Gasteiger partial charge >= 0.3 is 12.4 Å². The van der Waals surface area contributed by atoms with Crippen LogP contribution >= 0.6 is 0 Å². The van der Waals surface area contributed by atoms with Crippen molar-refractivity contribution in [1.82, 2.24) is 4.98 Å². The molecular formula is C14H9F6N. The largest absolute Gasteiger partial charge is 0.417 e. The molecule has 0 saturated carbocycles. The molecule has 0 N–H and O–H groups in total. The summed E-state index contributed by atoms with van der Waals surface area (Å²) in [6.45, 7) is 0. The Bertz CT molecular complexity index is 540. The molecule has 0 aliphatic heterocycles. The summed E-state index contributed by atoms with van der Waals surface area (Å²) in [5, 5.41) is 0. The smallest absolute Gasteiger partial charge is 0.260 e. The molecule has 1 aromatic heterocycles. The molecular weight excluding hydrogens is 296 g/mol. The van der Waals surface area contributed by atoms with E-state index < -0.39 is 23.5 Å². The Kier molecular flexibility index (Phi) is 3.93. The molecule has 21 heavy (non-hydrogen) atoms. The fraction of sp³-hybridized carbons (Fsp3) is 0.214. The maximum atomic E-state index is 12.4. The molecule has 1 heterocycles. The lowest BCUT2D eigenvalue weighted by Crippen LogP contribution is -2.06. The summed E-state index contributed by atoms with van der Waals surface area (Å²) in [6, 6.07) is 6.52. The Balaban J connectivity index is 2.12. The molecule has 0 aliphatic rings. The van der Waals surface area contributed by atoms with Gasteiger partial charge < -0.3 is 0 Å². The Morgan fingerprint density at radius 3 is 1.67 bits per heavy atom. The van der Waals surface area contributed by atoms with Crippen molar-refractivity contribution in [2.24, 2.45) is 0 Å². The molecule has 0 amide bonds. The molecule has 0 fully saturated rings. The summed E-state index contributed by atoms with van der Waals surface area (Å²) in [4.78, 5) is 3.67. The number of pyridine rings is 1. The van der Waals surface area contributed by atoms with Gasteiger partial charge in [-0.05, 0) is 29.8 Å². The van der Waals surface area contributed by atoms with E-state index in [4.69, 9.17) is 0 Å². The van der Waals surface area contributed by atoms with Gasteiger partial charge in [0.1, 0.15) is 0 Å². The first kappa shape index (κ1) is 15.3. The van der Waals surface area contributed by atoms with E-state index in [-0.39, 0.29) is 6.42 Å². The van der Waals surface area contributed by atoms with Crippen molar-refractivity contribution in [1.29, 1.82) is 0 Å². The van der Waals surface area contributed by atoms with Crippen molar-refractivity contribution in [3.63, 3.8) is 0 Å². The van der Waals surface area contributed by atoms with Crippen LogP contribution in [0.15, 0.2) is 42.6 Å². The molecule has 0 atom stereocenters. The Labute approximate surface area is 116 Å². The molecule has 0 unspecified atom stereocenters. The number of alkyl halides is 6. The Hall–Kier alpha value is -2.05. The first-order valence-corrected chi connectivity index (χ1v) is 5.84. The van der Waals surface area contributed by atoms with Crippen LogP contribution in [0.4, 0.5) is 26.3 Å². The van der Waals surface area contributed by atoms with E-state index in [1.165, 1.54) is 18.2 Å². The van der Waals surface area contributed by atoms with Crippen LogP contribution in [0.5, 0.6) is 0 Å². The van der Waals surface area contributed by atoms with Crippen LogP contribution in [0.1, 0.15) is 22.4 Å². The van der Waals surface area contributed by atoms with Crippen molar-refractivity contribution in [3.8, 4) is 0 Å². The molecule has 0 spiro atoms. The number of halogens is 6. The normalized spacial score (nSPS) is 12.5. The lowest BCUT2D eigenvalue weighted by atomic mass is 10.1. The van der Waals surface area contributed by atoms with Gasteiger partial charge in [0.25, 0.3) is 0 Å². The van der Waals surface area contributed by atoms with Crippen LogP contribution in [0, 0.1) is 0 Å². The van der Waals surface area contributed by atoms with Gasteiger partial charge in [0.2, 0.25) is 0 Å². The van der Waals surface area contributed by atoms with Crippen LogP contribution in [0.3, 0.4) is 0 Å². The van der Waals surface area contributed by atoms with Crippen LogP contribution in [0.2, 0.25) is 0 Å². The Morgan fingerprint density at radius 2 is 1.24 bits per heavy atom. The standard InChI is InChI=1S/C14H9F6N/c15-13(16,17)10-3-1-9(2-4-10)7-12-6-5-11(8-21-12)14(18,19)20/h1-6,8H,7H2. The quantitative estimate of drug-likeness (QED) is 0.732. The van der Waals surface area contributed by atoms with Crippen LogP contribution in [0.25, 0.3) is 0 Å². The molecule has 1 nitrogen and oxygen atoms in total. The number of benzene rings is 1. The summed E-state index contributed by atoms with van der Waals surface area (Å²) < 4.78 is 74.2. The van der Waals surface area contributed by atoms with Gasteiger partial charge in [-0.25, -0.2) is 0 Å². The van der Waals surface area contributed by atoms with Crippen molar-refractivity contribution in [3.05, 3.63) is 65.0 Å². The number of nitrogens with zero attached hydrogens (tertiary/aromatic N) is 1. The van der Waals surface area contributed by atoms with E-state index in [9.17, 15) is 26.3 Å². The summed E-state index contributed by atoms with van der Waals surface area (Å²) >= 11 is 0. The van der Waals surface area contributed by atoms with E-state index >= 15 is 0 Å². The SMILES string of the molecule is FC(F)(F)c1ccc(Cc2ccc(C(F)(F)F)cn2)cc1. The second kappa shape index (κ2) is 5.38. The fourth-order valence-electron chi connectivity index (χ4n) is 1.72. The summed E-state index contributed by atoms with van der Waals surface area (Å²) in [6.07, 6.45) is -8.00. The van der Waals surface area contributed by atoms with Crippen LogP contribution < -0.4 is 0 Å². The zero-order valence-electron chi connectivity index (χ0n) is 10.5. The van der Waals surface area contributed by atoms with Gasteiger partial charge in [-0.15, -0.1) is 0 Å². The maximum absolute atomic E-state index is 12.4. The molecule has 2 aromatic rings. The average Bonchev–Trinajstić information content (AvgIpc) is 2.38. The lowest BCUT2D eigenvalue weighted by molar-refractivity contribution is -0.138. The number of hydrogen-bond donors (Lipinski definition) is 0. The molecule has 0 saturated heterocycles. The molecule has 7 heteroatoms. The number of hydrogen-bond acceptors (Lipinski definition) is 1. The van der Waals surface area contributed by atoms with E-state index in [1.54, 1.807) is 0 Å². The summed E-state index contributed by atoms with van der Waals surface area (Å²) in [5.74, 6) is 0. The van der Waals surface area contributed by atoms with Crippen molar-refractivity contribution in [2.75, 3.05) is 0 Å². The molecule has 112 valence electrons. The topological polar surface area (TPSA) is 12.9 Å². The minimum atomic E-state index is -4.46. The lowest BCUT2D eigenvalue weighted by Gasteiger charge is -2.08. The summed E-state index contributed by atoms with van der Waals surface area (Å²) in [7, 11) is 0. The van der Waals surface area contributed by atoms with Gasteiger partial charge in [0.05, 0.1) is 11.1 Å². The predicted octanol–water partition coefficient (Wildman–Crippen LogP) is 4.71. The van der Waals surface area contributed by atoms with Crippen molar-refractivity contribution < 1.29 is 26.3 Å². The minimum Gasteiger partial charge on any atom is -0.260 e. The molecule has 1 aromatic carbocycles. The third kappa shape index (κ3) is 3.96. The molecule has 0 radical (unpaired) electrons. The van der Waals surface area contributed by atoms with E-state index in [0.29, 0.717) is 17.5 Å². The summed E-state index contributed by atoms with van der Waals surface area (Å²) in [5.41, 5.74) is -0.747. The minimum absolute atomic E-state index is 0.163. The third-order valence-corrected chi connectivity index (χ3v) is 2.82. The van der Waals surface area contributed by atoms with Crippen molar-refractivity contribution >= 4 is 0 Å². The molecule has 2 rings (SSSR count). The highest BCUT2D eigenvalue weighted by atomic mass is 19.4. The fourth-order valence-corrected chi connectivity index (χ4v) is 1.72. The van der Waals surface area contributed by atoms with E-state index in [2.05, 4.69) is 4.98 Å². The number of rotatable bonds is 2. The Morgan fingerprint density at radius 1 is 0.714 bits per heavy atom. The predicted molar refractivity (Wildman–Crippen MR) is 63.5 cm³/mol. The van der Waals surface area contributed by atoms with Gasteiger partial charge in [0.15, 0.2) is 0 Å². The number of aromatic nitrogens is 1. The first-order chi connectivity index (χ1) is 9.66. The third-order valence-electron chi connectivity index (χ3n) is 2.82. The maximum Gasteiger partial charge on any atom is 0.417 e. The average molecular weight is 305 g/mol. The van der Waals surface area contributed by atoms with E-state index in [1.807, 2.05) is 0 Å². The highest BCUT2D eigenvalue weighted by Gasteiger charge is 2.31. The van der Waals surface area contributed by atoms with Gasteiger partial charge in [-0.1, -0.05) is 12.1 Å².